The molecule has 1 aliphatic rings. The van der Waals surface area contributed by atoms with Crippen LogP contribution < -0.4 is 10.4 Å². The second kappa shape index (κ2) is 16.0. The number of hydrogen-bond donors (Lipinski definition) is 0. The molecular weight excluding hydrogens is 777 g/mol. The van der Waals surface area contributed by atoms with Crippen LogP contribution in [0.15, 0.2) is 231 Å². The van der Waals surface area contributed by atoms with Gasteiger partial charge in [-0.25, -0.2) is 9.97 Å². The van der Waals surface area contributed by atoms with Crippen LogP contribution >= 0.6 is 0 Å². The summed E-state index contributed by atoms with van der Waals surface area (Å²) >= 11 is 0. The van der Waals surface area contributed by atoms with Gasteiger partial charge in [0.15, 0.2) is 5.82 Å². The van der Waals surface area contributed by atoms with E-state index in [0.717, 1.165) is 45.0 Å². The van der Waals surface area contributed by atoms with Crippen LogP contribution in [0.25, 0.3) is 101 Å². The van der Waals surface area contributed by atoms with E-state index in [0.29, 0.717) is 0 Å². The van der Waals surface area contributed by atoms with Crippen LogP contribution in [0.4, 0.5) is 0 Å². The van der Waals surface area contributed by atoms with Crippen LogP contribution in [0, 0.1) is 0 Å². The molecule has 298 valence electrons. The third kappa shape index (κ3) is 7.23. The highest BCUT2D eigenvalue weighted by Crippen LogP contribution is 2.37. The van der Waals surface area contributed by atoms with E-state index in [1.165, 1.54) is 66.0 Å². The molecule has 0 N–H and O–H groups in total. The predicted octanol–water partition coefficient (Wildman–Crippen LogP) is 14.6. The summed E-state index contributed by atoms with van der Waals surface area (Å²) in [6.07, 6.45) is 0. The van der Waals surface area contributed by atoms with E-state index >= 15 is 0 Å². The summed E-state index contributed by atoms with van der Waals surface area (Å²) in [6, 6.07) is 83.1. The molecule has 0 bridgehead atoms. The molecule has 0 atom stereocenters. The zero-order valence-corrected chi connectivity index (χ0v) is 36.3. The van der Waals surface area contributed by atoms with E-state index in [1.54, 1.807) is 0 Å². The fourth-order valence-corrected chi connectivity index (χ4v) is 12.6. The van der Waals surface area contributed by atoms with Gasteiger partial charge in [-0.2, -0.15) is 0 Å². The molecule has 0 spiro atoms. The van der Waals surface area contributed by atoms with Crippen molar-refractivity contribution in [2.24, 2.45) is 0 Å². The number of nitrogens with zero attached hydrogens (tertiary/aromatic N) is 2. The van der Waals surface area contributed by atoms with E-state index in [4.69, 9.17) is 9.97 Å². The molecule has 0 unspecified atom stereocenters. The van der Waals surface area contributed by atoms with Crippen molar-refractivity contribution in [3.05, 3.63) is 231 Å². The summed E-state index contributed by atoms with van der Waals surface area (Å²) in [5, 5.41) is 2.72. The van der Waals surface area contributed by atoms with Gasteiger partial charge in [-0.05, 0) is 107 Å². The molecule has 3 heteroatoms. The summed E-state index contributed by atoms with van der Waals surface area (Å²) in [4.78, 5) is 11.0. The third-order valence-corrected chi connectivity index (χ3v) is 16.2. The first-order valence-corrected chi connectivity index (χ1v) is 24.7. The van der Waals surface area contributed by atoms with Gasteiger partial charge < -0.3 is 0 Å². The maximum atomic E-state index is 5.55. The standard InChI is InChI=1S/C60H44N2Si/c1-63(2)56-28-10-9-27-55(56)58-59(63)57(53-25-13-23-51(39-53)49-21-11-19-47(37-49)45-33-29-43(30-34-45)41-15-5-3-6-16-41)61-60(62-58)54-26-14-24-52(40-54)50-22-12-20-48(38-50)46-35-31-44(32-36-46)42-17-7-4-8-18-42/h3-40H,1-2H3. The minimum Gasteiger partial charge on any atom is -0.228 e. The van der Waals surface area contributed by atoms with Crippen molar-refractivity contribution >= 4 is 18.4 Å². The van der Waals surface area contributed by atoms with E-state index in [2.05, 4.69) is 244 Å². The second-order valence-electron chi connectivity index (χ2n) is 17.0. The number of aromatic nitrogens is 2. The van der Waals surface area contributed by atoms with Crippen LogP contribution in [0.5, 0.6) is 0 Å². The molecule has 0 radical (unpaired) electrons. The Hall–Kier alpha value is -7.72. The van der Waals surface area contributed by atoms with Crippen molar-refractivity contribution in [2.45, 2.75) is 13.1 Å². The summed E-state index contributed by atoms with van der Waals surface area (Å²) in [7, 11) is -2.16. The smallest absolute Gasteiger partial charge is 0.160 e. The van der Waals surface area contributed by atoms with Gasteiger partial charge in [0.1, 0.15) is 8.07 Å². The highest BCUT2D eigenvalue weighted by atomic mass is 28.3. The molecule has 2 heterocycles. The lowest BCUT2D eigenvalue weighted by Crippen LogP contribution is -2.50. The van der Waals surface area contributed by atoms with Crippen LogP contribution in [-0.2, 0) is 0 Å². The Bertz CT molecular complexity index is 3280. The van der Waals surface area contributed by atoms with Gasteiger partial charge in [-0.15, -0.1) is 0 Å². The van der Waals surface area contributed by atoms with Gasteiger partial charge in [0.25, 0.3) is 0 Å². The van der Waals surface area contributed by atoms with Crippen LogP contribution in [0.3, 0.4) is 0 Å². The molecule has 0 saturated carbocycles. The fraction of sp³-hybridized carbons (Fsp3) is 0.0333. The molecular formula is C60H44N2Si. The van der Waals surface area contributed by atoms with E-state index in [9.17, 15) is 0 Å². The first-order valence-electron chi connectivity index (χ1n) is 21.7. The number of rotatable bonds is 8. The van der Waals surface area contributed by atoms with Gasteiger partial charge in [0.2, 0.25) is 0 Å². The lowest BCUT2D eigenvalue weighted by atomic mass is 9.95. The molecule has 11 rings (SSSR count). The van der Waals surface area contributed by atoms with Crippen molar-refractivity contribution < 1.29 is 0 Å². The zero-order valence-electron chi connectivity index (χ0n) is 35.3. The molecule has 2 nitrogen and oxygen atoms in total. The normalized spacial score (nSPS) is 12.4. The number of fused-ring (bicyclic) bond motifs is 3. The van der Waals surface area contributed by atoms with Crippen molar-refractivity contribution in [2.75, 3.05) is 0 Å². The summed E-state index contributed by atoms with van der Waals surface area (Å²) < 4.78 is 0. The number of benzene rings is 9. The van der Waals surface area contributed by atoms with Crippen molar-refractivity contribution in [1.29, 1.82) is 0 Å². The highest BCUT2D eigenvalue weighted by molar-refractivity contribution is 7.04. The van der Waals surface area contributed by atoms with Crippen molar-refractivity contribution in [1.82, 2.24) is 9.97 Å². The first-order chi connectivity index (χ1) is 31.0. The van der Waals surface area contributed by atoms with E-state index in [1.807, 2.05) is 0 Å². The largest absolute Gasteiger partial charge is 0.228 e. The number of hydrogen-bond acceptors (Lipinski definition) is 2. The zero-order chi connectivity index (χ0) is 42.3. The Morgan fingerprint density at radius 1 is 0.270 bits per heavy atom. The van der Waals surface area contributed by atoms with Gasteiger partial charge in [-0.1, -0.05) is 219 Å². The summed E-state index contributed by atoms with van der Waals surface area (Å²) in [6.45, 7) is 4.90. The maximum Gasteiger partial charge on any atom is 0.160 e. The molecule has 0 saturated heterocycles. The Balaban J connectivity index is 0.964. The molecule has 0 fully saturated rings. The van der Waals surface area contributed by atoms with E-state index < -0.39 is 8.07 Å². The third-order valence-electron chi connectivity index (χ3n) is 12.7. The second-order valence-corrected chi connectivity index (χ2v) is 21.3. The molecule has 10 aromatic rings. The van der Waals surface area contributed by atoms with Crippen LogP contribution in [0.2, 0.25) is 13.1 Å². The topological polar surface area (TPSA) is 25.8 Å². The van der Waals surface area contributed by atoms with Gasteiger partial charge in [0.05, 0.1) is 11.4 Å². The Morgan fingerprint density at radius 3 is 1.08 bits per heavy atom. The van der Waals surface area contributed by atoms with Gasteiger partial charge in [0, 0.05) is 11.1 Å². The monoisotopic (exact) mass is 820 g/mol. The van der Waals surface area contributed by atoms with Crippen molar-refractivity contribution in [3.63, 3.8) is 0 Å². The highest BCUT2D eigenvalue weighted by Gasteiger charge is 2.41. The quantitative estimate of drug-likeness (QED) is 0.143. The molecule has 9 aromatic carbocycles. The summed E-state index contributed by atoms with van der Waals surface area (Å²) in [5.41, 5.74) is 19.7. The Kier molecular flexibility index (Phi) is 9.68. The molecule has 0 amide bonds. The SMILES string of the molecule is C[Si]1(C)c2ccccc2-c2nc(-c3cccc(-c4cccc(-c5ccc(-c6ccccc6)cc5)c4)c3)nc(-c3cccc(-c4cccc(-c5ccc(-c6ccccc6)cc5)c4)c3)c21. The van der Waals surface area contributed by atoms with Crippen molar-refractivity contribution in [3.8, 4) is 101 Å². The van der Waals surface area contributed by atoms with E-state index in [-0.39, 0.29) is 0 Å². The predicted molar refractivity (Wildman–Crippen MR) is 268 cm³/mol. The minimum absolute atomic E-state index is 0.742. The lowest BCUT2D eigenvalue weighted by molar-refractivity contribution is 1.20. The van der Waals surface area contributed by atoms with Crippen LogP contribution in [0.1, 0.15) is 0 Å². The van der Waals surface area contributed by atoms with Crippen LogP contribution in [-0.4, -0.2) is 18.0 Å². The Labute approximate surface area is 370 Å². The fourth-order valence-electron chi connectivity index (χ4n) is 9.37. The van der Waals surface area contributed by atoms with Gasteiger partial charge >= 0.3 is 0 Å². The minimum atomic E-state index is -2.16. The average Bonchev–Trinajstić information content (AvgIpc) is 3.60. The average molecular weight is 821 g/mol. The van der Waals surface area contributed by atoms with Gasteiger partial charge in [-0.3, -0.25) is 0 Å². The Morgan fingerprint density at radius 2 is 0.587 bits per heavy atom. The first kappa shape index (κ1) is 38.2. The molecule has 1 aliphatic heterocycles. The lowest BCUT2D eigenvalue weighted by Gasteiger charge is -2.22. The maximum absolute atomic E-state index is 5.55. The molecule has 0 aliphatic carbocycles. The molecule has 1 aromatic heterocycles. The molecule has 63 heavy (non-hydrogen) atoms. The summed E-state index contributed by atoms with van der Waals surface area (Å²) in [5.74, 6) is 0.742.